The summed E-state index contributed by atoms with van der Waals surface area (Å²) in [5.74, 6) is -0.336. The summed E-state index contributed by atoms with van der Waals surface area (Å²) in [5, 5.41) is 17.3. The summed E-state index contributed by atoms with van der Waals surface area (Å²) in [6.45, 7) is 0.843. The summed E-state index contributed by atoms with van der Waals surface area (Å²) in [4.78, 5) is 33.6. The third-order valence-corrected chi connectivity index (χ3v) is 8.30. The Bertz CT molecular complexity index is 1400. The number of nitriles is 1. The van der Waals surface area contributed by atoms with Gasteiger partial charge < -0.3 is 25.0 Å². The quantitative estimate of drug-likeness (QED) is 0.428. The lowest BCUT2D eigenvalue weighted by atomic mass is 9.76. The molecule has 0 radical (unpaired) electrons. The third-order valence-electron chi connectivity index (χ3n) is 8.05. The fourth-order valence-electron chi connectivity index (χ4n) is 5.85. The van der Waals surface area contributed by atoms with Crippen LogP contribution in [0.3, 0.4) is 0 Å². The Morgan fingerprint density at radius 1 is 1.02 bits per heavy atom. The van der Waals surface area contributed by atoms with Gasteiger partial charge in [0.15, 0.2) is 5.78 Å². The second-order valence-corrected chi connectivity index (χ2v) is 10.8. The summed E-state index contributed by atoms with van der Waals surface area (Å²) in [5.41, 5.74) is 1.77. The molecule has 5 rings (SSSR count). The molecule has 0 aliphatic carbocycles. The van der Waals surface area contributed by atoms with Crippen molar-refractivity contribution in [3.05, 3.63) is 89.2 Å². The molecule has 3 aromatic rings. The van der Waals surface area contributed by atoms with Crippen LogP contribution in [0.25, 0.3) is 0 Å². The average molecular weight is 574 g/mol. The van der Waals surface area contributed by atoms with Crippen LogP contribution < -0.4 is 20.1 Å². The van der Waals surface area contributed by atoms with E-state index in [1.54, 1.807) is 56.8 Å². The average Bonchev–Trinajstić information content (AvgIpc) is 3.46. The zero-order valence-electron chi connectivity index (χ0n) is 22.9. The first-order valence-electron chi connectivity index (χ1n) is 13.5. The summed E-state index contributed by atoms with van der Waals surface area (Å²) in [6, 6.07) is 20.7. The molecule has 2 aromatic carbocycles. The monoisotopic (exact) mass is 573 g/mol. The Morgan fingerprint density at radius 3 is 2.41 bits per heavy atom. The highest BCUT2D eigenvalue weighted by atomic mass is 35.5. The number of ether oxygens (including phenoxy) is 2. The van der Waals surface area contributed by atoms with E-state index in [1.165, 1.54) is 4.90 Å². The summed E-state index contributed by atoms with van der Waals surface area (Å²) in [6.07, 6.45) is 1.57. The lowest BCUT2D eigenvalue weighted by Gasteiger charge is -2.37. The third kappa shape index (κ3) is 6.20. The number of amides is 1. The van der Waals surface area contributed by atoms with Crippen molar-refractivity contribution < 1.29 is 19.1 Å². The van der Waals surface area contributed by atoms with Gasteiger partial charge in [-0.15, -0.1) is 0 Å². The fraction of sp³-hybridized carbons (Fsp3) is 0.355. The Hall–Kier alpha value is -3.97. The lowest BCUT2D eigenvalue weighted by Crippen LogP contribution is -2.54. The smallest absolute Gasteiger partial charge is 0.415 e. The van der Waals surface area contributed by atoms with Crippen molar-refractivity contribution in [2.75, 3.05) is 27.2 Å². The van der Waals surface area contributed by atoms with Crippen LogP contribution in [0.2, 0.25) is 5.02 Å². The van der Waals surface area contributed by atoms with Crippen LogP contribution in [0.15, 0.2) is 72.9 Å². The van der Waals surface area contributed by atoms with E-state index in [9.17, 15) is 14.9 Å². The maximum atomic E-state index is 14.3. The number of benzene rings is 2. The second kappa shape index (κ2) is 12.7. The number of carbonyl (C=O) groups excluding carboxylic acids is 2. The molecule has 9 nitrogen and oxygen atoms in total. The number of rotatable bonds is 7. The maximum Gasteiger partial charge on any atom is 0.415 e. The number of nitrogens with one attached hydrogen (secondary N) is 2. The zero-order chi connectivity index (χ0) is 28.9. The molecule has 41 heavy (non-hydrogen) atoms. The summed E-state index contributed by atoms with van der Waals surface area (Å²) in [7, 11) is 3.21. The molecule has 3 heterocycles. The normalized spacial score (nSPS) is 25.6. The van der Waals surface area contributed by atoms with Crippen molar-refractivity contribution in [1.82, 2.24) is 20.5 Å². The standard InChI is InChI=1S/C31H32ClN5O4/c1-37(31(39)41-23-12-10-22(40-2)11-13-23)29-25(19-6-8-21(32)9-7-19)18-36-28(29)30(38)24-15-27(35-17-20(24)16-33)26-5-3-4-14-34-26/h3-14,20,24-25,27-29,35-36H,15,17-18H2,1-2H3/t20?,24?,25-,27?,28?,29-/m0/s1. The van der Waals surface area contributed by atoms with Crippen LogP contribution in [0, 0.1) is 23.2 Å². The molecule has 0 bridgehead atoms. The number of hydrogen-bond acceptors (Lipinski definition) is 8. The first-order valence-corrected chi connectivity index (χ1v) is 13.9. The lowest BCUT2D eigenvalue weighted by molar-refractivity contribution is -0.127. The highest BCUT2D eigenvalue weighted by Crippen LogP contribution is 2.37. The van der Waals surface area contributed by atoms with Crippen molar-refractivity contribution >= 4 is 23.5 Å². The predicted octanol–water partition coefficient (Wildman–Crippen LogP) is 4.36. The summed E-state index contributed by atoms with van der Waals surface area (Å²) >= 11 is 6.15. The van der Waals surface area contributed by atoms with E-state index in [1.807, 2.05) is 30.3 Å². The van der Waals surface area contributed by atoms with Gasteiger partial charge in [-0.1, -0.05) is 29.8 Å². The second-order valence-electron chi connectivity index (χ2n) is 10.4. The SMILES string of the molecule is COc1ccc(OC(=O)N(C)[C@@H]2C(C(=O)C3CC(c4ccccn4)NCC3C#N)NC[C@H]2c2ccc(Cl)cc2)cc1. The zero-order valence-corrected chi connectivity index (χ0v) is 23.6. The number of methoxy groups -OCH3 is 1. The minimum atomic E-state index is -0.701. The molecule has 2 aliphatic heterocycles. The van der Waals surface area contributed by atoms with E-state index in [2.05, 4.69) is 21.7 Å². The number of carbonyl (C=O) groups is 2. The number of nitrogens with zero attached hydrogens (tertiary/aromatic N) is 3. The van der Waals surface area contributed by atoms with Crippen LogP contribution in [0.1, 0.15) is 29.6 Å². The molecule has 0 spiro atoms. The molecule has 212 valence electrons. The largest absolute Gasteiger partial charge is 0.497 e. The molecule has 6 atom stereocenters. The number of halogens is 1. The van der Waals surface area contributed by atoms with Crippen LogP contribution in [0.4, 0.5) is 4.79 Å². The molecule has 2 saturated heterocycles. The molecular formula is C31H32ClN5O4. The Labute approximate surface area is 244 Å². The molecule has 2 fully saturated rings. The molecule has 2 aliphatic rings. The number of ketones is 1. The van der Waals surface area contributed by atoms with Crippen LogP contribution in [0.5, 0.6) is 11.5 Å². The molecule has 0 saturated carbocycles. The van der Waals surface area contributed by atoms with E-state index in [-0.39, 0.29) is 17.7 Å². The Balaban J connectivity index is 1.42. The van der Waals surface area contributed by atoms with Crippen molar-refractivity contribution in [3.8, 4) is 17.6 Å². The van der Waals surface area contributed by atoms with E-state index in [0.717, 1.165) is 11.3 Å². The van der Waals surface area contributed by atoms with Gasteiger partial charge in [-0.2, -0.15) is 5.26 Å². The number of piperidine rings is 1. The molecule has 1 aromatic heterocycles. The van der Waals surface area contributed by atoms with Gasteiger partial charge in [-0.25, -0.2) is 4.79 Å². The van der Waals surface area contributed by atoms with Crippen molar-refractivity contribution in [2.24, 2.45) is 11.8 Å². The van der Waals surface area contributed by atoms with Gasteiger partial charge in [0.05, 0.1) is 42.9 Å². The highest BCUT2D eigenvalue weighted by Gasteiger charge is 2.49. The van der Waals surface area contributed by atoms with Crippen molar-refractivity contribution in [1.29, 1.82) is 5.26 Å². The van der Waals surface area contributed by atoms with Gasteiger partial charge in [-0.3, -0.25) is 9.78 Å². The van der Waals surface area contributed by atoms with Gasteiger partial charge in [-0.05, 0) is 60.5 Å². The fourth-order valence-corrected chi connectivity index (χ4v) is 5.98. The maximum absolute atomic E-state index is 14.3. The minimum absolute atomic E-state index is 0.0930. The van der Waals surface area contributed by atoms with Gasteiger partial charge in [0.2, 0.25) is 0 Å². The first-order chi connectivity index (χ1) is 19.9. The number of aromatic nitrogens is 1. The van der Waals surface area contributed by atoms with Crippen molar-refractivity contribution in [2.45, 2.75) is 30.5 Å². The van der Waals surface area contributed by atoms with Crippen LogP contribution >= 0.6 is 11.6 Å². The number of likely N-dealkylation sites (N-methyl/N-ethyl adjacent to an activating group) is 1. The van der Waals surface area contributed by atoms with Crippen LogP contribution in [-0.2, 0) is 4.79 Å². The van der Waals surface area contributed by atoms with Gasteiger partial charge in [0.1, 0.15) is 11.5 Å². The topological polar surface area (TPSA) is 117 Å². The van der Waals surface area contributed by atoms with E-state index >= 15 is 0 Å². The Kier molecular flexibility index (Phi) is 8.84. The molecule has 2 N–H and O–H groups in total. The molecule has 4 unspecified atom stereocenters. The number of hydrogen-bond donors (Lipinski definition) is 2. The van der Waals surface area contributed by atoms with Gasteiger partial charge in [0, 0.05) is 43.2 Å². The highest BCUT2D eigenvalue weighted by molar-refractivity contribution is 6.30. The number of pyridine rings is 1. The number of Topliss-reactive ketones (excluding diaryl/α,β-unsaturated/α-hetero) is 1. The molecular weight excluding hydrogens is 542 g/mol. The van der Waals surface area contributed by atoms with Gasteiger partial charge >= 0.3 is 6.09 Å². The van der Waals surface area contributed by atoms with Gasteiger partial charge in [0.25, 0.3) is 0 Å². The van der Waals surface area contributed by atoms with Crippen molar-refractivity contribution in [3.63, 3.8) is 0 Å². The summed E-state index contributed by atoms with van der Waals surface area (Å²) < 4.78 is 10.9. The van der Waals surface area contributed by atoms with E-state index in [4.69, 9.17) is 21.1 Å². The molecule has 1 amide bonds. The Morgan fingerprint density at radius 2 is 1.76 bits per heavy atom. The molecule has 10 heteroatoms. The van der Waals surface area contributed by atoms with E-state index in [0.29, 0.717) is 36.0 Å². The van der Waals surface area contributed by atoms with E-state index < -0.39 is 30.0 Å². The van der Waals surface area contributed by atoms with Crippen LogP contribution in [-0.4, -0.2) is 61.1 Å². The predicted molar refractivity (Wildman–Crippen MR) is 154 cm³/mol. The first kappa shape index (κ1) is 28.6. The minimum Gasteiger partial charge on any atom is -0.497 e.